The van der Waals surface area contributed by atoms with Gasteiger partial charge in [0, 0.05) is 22.8 Å². The van der Waals surface area contributed by atoms with Gasteiger partial charge in [0.15, 0.2) is 11.5 Å². The fourth-order valence-corrected chi connectivity index (χ4v) is 6.43. The number of anilines is 1. The monoisotopic (exact) mass is 612 g/mol. The Balaban J connectivity index is 1.18. The van der Waals surface area contributed by atoms with Crippen molar-refractivity contribution in [2.24, 2.45) is 10.9 Å². The van der Waals surface area contributed by atoms with Crippen LogP contribution < -0.4 is 14.8 Å². The smallest absolute Gasteiger partial charge is 0.175 e. The van der Waals surface area contributed by atoms with Crippen LogP contribution in [0.25, 0.3) is 0 Å². The highest BCUT2D eigenvalue weighted by Crippen LogP contribution is 2.49. The Morgan fingerprint density at radius 1 is 1.00 bits per heavy atom. The molecule has 40 heavy (non-hydrogen) atoms. The van der Waals surface area contributed by atoms with E-state index in [0.717, 1.165) is 27.7 Å². The van der Waals surface area contributed by atoms with Crippen LogP contribution in [0.2, 0.25) is 5.02 Å². The summed E-state index contributed by atoms with van der Waals surface area (Å²) in [7, 11) is 0. The quantitative estimate of drug-likeness (QED) is 0.159. The van der Waals surface area contributed by atoms with Gasteiger partial charge in [-0.05, 0) is 99.9 Å². The van der Waals surface area contributed by atoms with E-state index in [0.29, 0.717) is 41.6 Å². The van der Waals surface area contributed by atoms with Gasteiger partial charge in [-0.15, -0.1) is 0 Å². The van der Waals surface area contributed by atoms with Crippen LogP contribution in [0.1, 0.15) is 47.6 Å². The maximum Gasteiger partial charge on any atom is 0.175 e. The average molecular weight is 614 g/mol. The molecule has 0 fully saturated rings. The van der Waals surface area contributed by atoms with Crippen LogP contribution >= 0.6 is 27.5 Å². The third-order valence-corrected chi connectivity index (χ3v) is 8.31. The molecule has 6 rings (SSSR count). The second-order valence-electron chi connectivity index (χ2n) is 10.1. The summed E-state index contributed by atoms with van der Waals surface area (Å²) in [5.74, 6) is 2.32. The minimum Gasteiger partial charge on any atom is -0.490 e. The Morgan fingerprint density at radius 2 is 1.85 bits per heavy atom. The molecule has 0 bridgehead atoms. The lowest BCUT2D eigenvalue weighted by Gasteiger charge is -2.37. The van der Waals surface area contributed by atoms with Crippen molar-refractivity contribution in [3.05, 3.63) is 129 Å². The molecule has 1 N–H and O–H groups in total. The zero-order valence-corrected chi connectivity index (χ0v) is 24.5. The number of hydrogen-bond donors (Lipinski definition) is 1. The number of para-hydroxylation sites is 1. The third-order valence-electron chi connectivity index (χ3n) is 7.49. The molecule has 6 heteroatoms. The van der Waals surface area contributed by atoms with Crippen LogP contribution in [0.5, 0.6) is 11.5 Å². The number of rotatable bonds is 8. The molecule has 0 amide bonds. The largest absolute Gasteiger partial charge is 0.490 e. The molecule has 4 aromatic carbocycles. The van der Waals surface area contributed by atoms with Gasteiger partial charge >= 0.3 is 0 Å². The van der Waals surface area contributed by atoms with Crippen molar-refractivity contribution in [1.29, 1.82) is 0 Å². The van der Waals surface area contributed by atoms with Crippen LogP contribution in [0.3, 0.4) is 0 Å². The van der Waals surface area contributed by atoms with Gasteiger partial charge in [0.1, 0.15) is 6.61 Å². The van der Waals surface area contributed by atoms with Gasteiger partial charge < -0.3 is 14.8 Å². The lowest BCUT2D eigenvalue weighted by molar-refractivity contribution is 0.267. The molecule has 4 aromatic rings. The van der Waals surface area contributed by atoms with Crippen LogP contribution in [0.4, 0.5) is 11.4 Å². The number of halogens is 2. The maximum absolute atomic E-state index is 6.12. The first-order chi connectivity index (χ1) is 19.6. The number of nitrogens with one attached hydrogen (secondary N) is 1. The van der Waals surface area contributed by atoms with Crippen LogP contribution in [-0.2, 0) is 6.61 Å². The summed E-state index contributed by atoms with van der Waals surface area (Å²) < 4.78 is 12.8. The van der Waals surface area contributed by atoms with Gasteiger partial charge in [0.2, 0.25) is 0 Å². The van der Waals surface area contributed by atoms with Gasteiger partial charge in [0.25, 0.3) is 0 Å². The van der Waals surface area contributed by atoms with E-state index >= 15 is 0 Å². The van der Waals surface area contributed by atoms with E-state index in [1.165, 1.54) is 16.8 Å². The first-order valence-electron chi connectivity index (χ1n) is 13.6. The minimum atomic E-state index is 0.275. The predicted octanol–water partition coefficient (Wildman–Crippen LogP) is 9.66. The lowest BCUT2D eigenvalue weighted by atomic mass is 9.77. The zero-order valence-electron chi connectivity index (χ0n) is 22.2. The molecule has 0 aromatic heterocycles. The van der Waals surface area contributed by atoms with E-state index < -0.39 is 0 Å². The zero-order chi connectivity index (χ0) is 27.5. The normalized spacial score (nSPS) is 19.2. The fraction of sp³-hybridized carbons (Fsp3) is 0.206. The molecule has 2 aliphatic rings. The minimum absolute atomic E-state index is 0.275. The summed E-state index contributed by atoms with van der Waals surface area (Å²) in [4.78, 5) is 4.75. The van der Waals surface area contributed by atoms with E-state index in [1.54, 1.807) is 0 Å². The molecule has 1 aliphatic carbocycles. The van der Waals surface area contributed by atoms with Gasteiger partial charge in [0.05, 0.1) is 22.8 Å². The van der Waals surface area contributed by atoms with Crippen molar-refractivity contribution < 1.29 is 9.47 Å². The predicted molar refractivity (Wildman–Crippen MR) is 168 cm³/mol. The SMILES string of the molecule is CCOc1cc(C=Nc2ccc([C@@H]3Nc4ccccc4[C@@H]4C=CC[C@@H]43)cc2)cc(Br)c1OCc1cccc(Cl)c1. The van der Waals surface area contributed by atoms with Gasteiger partial charge in [-0.2, -0.15) is 0 Å². The molecule has 1 heterocycles. The van der Waals surface area contributed by atoms with E-state index in [4.69, 9.17) is 26.1 Å². The Labute approximate surface area is 248 Å². The lowest BCUT2D eigenvalue weighted by Crippen LogP contribution is -2.28. The molecule has 202 valence electrons. The second-order valence-corrected chi connectivity index (χ2v) is 11.4. The number of nitrogens with zero attached hydrogens (tertiary/aromatic N) is 1. The highest BCUT2D eigenvalue weighted by Gasteiger charge is 2.37. The number of aliphatic imine (C=N–C) groups is 1. The Bertz CT molecular complexity index is 1570. The van der Waals surface area contributed by atoms with Crippen molar-refractivity contribution >= 4 is 45.1 Å². The topological polar surface area (TPSA) is 42.8 Å². The molecule has 3 atom stereocenters. The molecule has 0 unspecified atom stereocenters. The number of ether oxygens (including phenoxy) is 2. The molecule has 0 spiro atoms. The number of benzene rings is 4. The number of hydrogen-bond acceptors (Lipinski definition) is 4. The summed E-state index contributed by atoms with van der Waals surface area (Å²) >= 11 is 9.79. The Hall–Kier alpha value is -3.54. The first kappa shape index (κ1) is 26.7. The molecule has 0 saturated heterocycles. The molecule has 1 aliphatic heterocycles. The summed E-state index contributed by atoms with van der Waals surface area (Å²) in [5, 5.41) is 4.48. The van der Waals surface area contributed by atoms with E-state index in [1.807, 2.05) is 49.5 Å². The highest BCUT2D eigenvalue weighted by atomic mass is 79.9. The van der Waals surface area contributed by atoms with Gasteiger partial charge in [-0.3, -0.25) is 4.99 Å². The van der Waals surface area contributed by atoms with Crippen LogP contribution in [0.15, 0.2) is 107 Å². The van der Waals surface area contributed by atoms with Crippen molar-refractivity contribution in [3.8, 4) is 11.5 Å². The number of fused-ring (bicyclic) bond motifs is 3. The van der Waals surface area contributed by atoms with Crippen LogP contribution in [0, 0.1) is 5.92 Å². The summed E-state index contributed by atoms with van der Waals surface area (Å²) in [6.07, 6.45) is 7.65. The number of allylic oxidation sites excluding steroid dienone is 2. The Morgan fingerprint density at radius 3 is 2.67 bits per heavy atom. The van der Waals surface area contributed by atoms with Crippen molar-refractivity contribution in [1.82, 2.24) is 0 Å². The standard InChI is InChI=1S/C34H30BrClN2O2/c1-2-39-32-19-23(18-30(35)34(32)40-21-22-7-5-8-25(36)17-22)20-37-26-15-13-24(14-16-26)33-29-11-6-10-27(29)28-9-3-4-12-31(28)38-33/h3-10,12-20,27,29,33,38H,2,11,21H2,1H3/t27-,29-,33-/m0/s1. The van der Waals surface area contributed by atoms with Gasteiger partial charge in [-0.1, -0.05) is 66.2 Å². The summed E-state index contributed by atoms with van der Waals surface area (Å²) in [6.45, 7) is 2.87. The first-order valence-corrected chi connectivity index (χ1v) is 14.8. The Kier molecular flexibility index (Phi) is 7.94. The van der Waals surface area contributed by atoms with Crippen molar-refractivity contribution in [2.45, 2.75) is 31.9 Å². The highest BCUT2D eigenvalue weighted by molar-refractivity contribution is 9.10. The van der Waals surface area contributed by atoms with Crippen LogP contribution in [-0.4, -0.2) is 12.8 Å². The molecule has 0 saturated carbocycles. The van der Waals surface area contributed by atoms with E-state index in [-0.39, 0.29) is 6.04 Å². The average Bonchev–Trinajstić information content (AvgIpc) is 3.46. The summed E-state index contributed by atoms with van der Waals surface area (Å²) in [6, 6.07) is 29.1. The molecular formula is C34H30BrClN2O2. The van der Waals surface area contributed by atoms with E-state index in [9.17, 15) is 0 Å². The molecule has 4 nitrogen and oxygen atoms in total. The fourth-order valence-electron chi connectivity index (χ4n) is 5.64. The van der Waals surface area contributed by atoms with E-state index in [2.05, 4.69) is 81.9 Å². The maximum atomic E-state index is 6.12. The molecular weight excluding hydrogens is 584 g/mol. The van der Waals surface area contributed by atoms with Crippen molar-refractivity contribution in [2.75, 3.05) is 11.9 Å². The third kappa shape index (κ3) is 5.67. The van der Waals surface area contributed by atoms with Gasteiger partial charge in [-0.25, -0.2) is 0 Å². The second kappa shape index (κ2) is 11.9. The molecule has 0 radical (unpaired) electrons. The van der Waals surface area contributed by atoms with Crippen molar-refractivity contribution in [3.63, 3.8) is 0 Å². The summed E-state index contributed by atoms with van der Waals surface area (Å²) in [5.41, 5.74) is 6.73.